The van der Waals surface area contributed by atoms with Gasteiger partial charge < -0.3 is 14.6 Å². The molecule has 4 rings (SSSR count). The van der Waals surface area contributed by atoms with Crippen LogP contribution in [0.1, 0.15) is 18.5 Å². The van der Waals surface area contributed by atoms with E-state index in [-0.39, 0.29) is 11.7 Å². The molecule has 1 aliphatic heterocycles. The molecule has 0 saturated carbocycles. The zero-order valence-corrected chi connectivity index (χ0v) is 13.7. The Labute approximate surface area is 146 Å². The van der Waals surface area contributed by atoms with Crippen LogP contribution in [0, 0.1) is 0 Å². The molecule has 7 nitrogen and oxygen atoms in total. The summed E-state index contributed by atoms with van der Waals surface area (Å²) in [5, 5.41) is 3.26. The number of nitrogens with one attached hydrogen (secondary N) is 1. The van der Waals surface area contributed by atoms with Crippen molar-refractivity contribution in [3.05, 3.63) is 42.7 Å². The molecule has 1 atom stereocenters. The lowest BCUT2D eigenvalue weighted by Gasteiger charge is -2.33. The molecular formula is C16H16F3N7. The van der Waals surface area contributed by atoms with Gasteiger partial charge in [0.1, 0.15) is 0 Å². The van der Waals surface area contributed by atoms with Gasteiger partial charge in [0.15, 0.2) is 17.2 Å². The van der Waals surface area contributed by atoms with Gasteiger partial charge in [-0.05, 0) is 18.9 Å². The Kier molecular flexibility index (Phi) is 4.09. The summed E-state index contributed by atoms with van der Waals surface area (Å²) in [6.45, 7) is 1.29. The van der Waals surface area contributed by atoms with E-state index in [1.165, 1.54) is 16.8 Å². The van der Waals surface area contributed by atoms with Crippen LogP contribution in [0.3, 0.4) is 0 Å². The average molecular weight is 363 g/mol. The van der Waals surface area contributed by atoms with Crippen LogP contribution in [0.2, 0.25) is 0 Å². The predicted octanol–water partition coefficient (Wildman–Crippen LogP) is 2.62. The highest BCUT2D eigenvalue weighted by Crippen LogP contribution is 2.31. The van der Waals surface area contributed by atoms with Crippen LogP contribution < -0.4 is 10.2 Å². The maximum atomic E-state index is 13.0. The molecule has 0 aliphatic carbocycles. The number of rotatable bonds is 3. The van der Waals surface area contributed by atoms with E-state index in [0.717, 1.165) is 19.0 Å². The summed E-state index contributed by atoms with van der Waals surface area (Å²) in [5.41, 5.74) is -0.715. The lowest BCUT2D eigenvalue weighted by Crippen LogP contribution is -2.43. The van der Waals surface area contributed by atoms with E-state index in [0.29, 0.717) is 24.9 Å². The second kappa shape index (κ2) is 6.43. The van der Waals surface area contributed by atoms with E-state index >= 15 is 0 Å². The highest BCUT2D eigenvalue weighted by molar-refractivity contribution is 5.65. The fourth-order valence-electron chi connectivity index (χ4n) is 3.11. The number of hydrogen-bond donors (Lipinski definition) is 1. The fraction of sp³-hybridized carbons (Fsp3) is 0.375. The van der Waals surface area contributed by atoms with E-state index < -0.39 is 11.9 Å². The first-order chi connectivity index (χ1) is 12.5. The van der Waals surface area contributed by atoms with Crippen molar-refractivity contribution in [3.8, 4) is 0 Å². The zero-order valence-electron chi connectivity index (χ0n) is 13.7. The number of nitrogens with zero attached hydrogens (tertiary/aromatic N) is 6. The topological polar surface area (TPSA) is 71.2 Å². The predicted molar refractivity (Wildman–Crippen MR) is 88.9 cm³/mol. The second-order valence-electron chi connectivity index (χ2n) is 6.11. The summed E-state index contributed by atoms with van der Waals surface area (Å²) >= 11 is 0. The molecule has 1 aliphatic rings. The molecule has 1 N–H and O–H groups in total. The molecular weight excluding hydrogens is 347 g/mol. The van der Waals surface area contributed by atoms with Gasteiger partial charge in [-0.25, -0.2) is 19.9 Å². The van der Waals surface area contributed by atoms with Gasteiger partial charge in [-0.15, -0.1) is 0 Å². The highest BCUT2D eigenvalue weighted by atomic mass is 19.4. The van der Waals surface area contributed by atoms with Gasteiger partial charge in [0.2, 0.25) is 5.95 Å². The number of imidazole rings is 1. The lowest BCUT2D eigenvalue weighted by atomic mass is 10.1. The number of fused-ring (bicyclic) bond motifs is 1. The fourth-order valence-corrected chi connectivity index (χ4v) is 3.11. The summed E-state index contributed by atoms with van der Waals surface area (Å²) in [4.78, 5) is 18.3. The Hall–Kier alpha value is -2.91. The molecule has 0 bridgehead atoms. The molecule has 0 aromatic carbocycles. The van der Waals surface area contributed by atoms with Crippen LogP contribution in [0.25, 0.3) is 5.65 Å². The van der Waals surface area contributed by atoms with Crippen LogP contribution >= 0.6 is 0 Å². The van der Waals surface area contributed by atoms with Crippen molar-refractivity contribution < 1.29 is 13.2 Å². The van der Waals surface area contributed by atoms with Gasteiger partial charge in [-0.3, -0.25) is 0 Å². The van der Waals surface area contributed by atoms with Crippen molar-refractivity contribution >= 4 is 17.4 Å². The monoisotopic (exact) mass is 363 g/mol. The normalized spacial score (nSPS) is 18.3. The molecule has 3 aromatic heterocycles. The SMILES string of the molecule is FC(F)(F)c1cn2ccnc(N3CCCC(Nc4ncccn4)C3)c2n1. The summed E-state index contributed by atoms with van der Waals surface area (Å²) in [6.07, 6.45) is 4.56. The maximum Gasteiger partial charge on any atom is 0.434 e. The zero-order chi connectivity index (χ0) is 18.1. The van der Waals surface area contributed by atoms with Crippen LogP contribution in [-0.2, 0) is 6.18 Å². The van der Waals surface area contributed by atoms with E-state index in [2.05, 4.69) is 25.3 Å². The molecule has 136 valence electrons. The molecule has 1 saturated heterocycles. The molecule has 0 spiro atoms. The van der Waals surface area contributed by atoms with E-state index in [4.69, 9.17) is 0 Å². The van der Waals surface area contributed by atoms with E-state index in [1.807, 2.05) is 4.90 Å². The lowest BCUT2D eigenvalue weighted by molar-refractivity contribution is -0.140. The number of halogens is 3. The summed E-state index contributed by atoms with van der Waals surface area (Å²) in [6, 6.07) is 1.81. The molecule has 26 heavy (non-hydrogen) atoms. The first-order valence-corrected chi connectivity index (χ1v) is 8.20. The quantitative estimate of drug-likeness (QED) is 0.771. The van der Waals surface area contributed by atoms with Crippen LogP contribution in [0.4, 0.5) is 24.9 Å². The standard InChI is InChI=1S/C16H16F3N7/c17-16(18,19)12-10-26-8-6-20-13(14(26)24-12)25-7-1-3-11(9-25)23-15-21-4-2-5-22-15/h2,4-6,8,10-11H,1,3,7,9H2,(H,21,22,23). The van der Waals surface area contributed by atoms with Crippen molar-refractivity contribution in [2.24, 2.45) is 0 Å². The van der Waals surface area contributed by atoms with Crippen molar-refractivity contribution in [1.82, 2.24) is 24.3 Å². The summed E-state index contributed by atoms with van der Waals surface area (Å²) in [5.74, 6) is 0.981. The minimum absolute atomic E-state index is 0.0743. The molecule has 3 aromatic rings. The Balaban J connectivity index is 1.59. The average Bonchev–Trinajstić information content (AvgIpc) is 3.07. The Morgan fingerprint density at radius 2 is 1.92 bits per heavy atom. The van der Waals surface area contributed by atoms with Gasteiger partial charge in [0.05, 0.1) is 0 Å². The first-order valence-electron chi connectivity index (χ1n) is 8.20. The molecule has 0 radical (unpaired) electrons. The third kappa shape index (κ3) is 3.26. The van der Waals surface area contributed by atoms with E-state index in [9.17, 15) is 13.2 Å². The third-order valence-corrected chi connectivity index (χ3v) is 4.27. The largest absolute Gasteiger partial charge is 0.434 e. The Morgan fingerprint density at radius 1 is 1.12 bits per heavy atom. The molecule has 1 fully saturated rings. The van der Waals surface area contributed by atoms with Crippen molar-refractivity contribution in [3.63, 3.8) is 0 Å². The van der Waals surface area contributed by atoms with Crippen LogP contribution in [-0.4, -0.2) is 43.5 Å². The van der Waals surface area contributed by atoms with E-state index in [1.54, 1.807) is 18.5 Å². The summed E-state index contributed by atoms with van der Waals surface area (Å²) in [7, 11) is 0. The Morgan fingerprint density at radius 3 is 2.69 bits per heavy atom. The van der Waals surface area contributed by atoms with Gasteiger partial charge >= 0.3 is 6.18 Å². The van der Waals surface area contributed by atoms with Gasteiger partial charge in [0, 0.05) is 50.1 Å². The van der Waals surface area contributed by atoms with Crippen molar-refractivity contribution in [2.45, 2.75) is 25.1 Å². The Bertz CT molecular complexity index is 894. The first kappa shape index (κ1) is 16.6. The number of anilines is 2. The smallest absolute Gasteiger partial charge is 0.351 e. The molecule has 4 heterocycles. The van der Waals surface area contributed by atoms with Crippen LogP contribution in [0.5, 0.6) is 0 Å². The minimum atomic E-state index is -4.49. The van der Waals surface area contributed by atoms with Crippen molar-refractivity contribution in [2.75, 3.05) is 23.3 Å². The number of alkyl halides is 3. The van der Waals surface area contributed by atoms with Gasteiger partial charge in [-0.2, -0.15) is 13.2 Å². The molecule has 1 unspecified atom stereocenters. The number of aromatic nitrogens is 5. The second-order valence-corrected chi connectivity index (χ2v) is 6.11. The van der Waals surface area contributed by atoms with Crippen molar-refractivity contribution in [1.29, 1.82) is 0 Å². The third-order valence-electron chi connectivity index (χ3n) is 4.27. The minimum Gasteiger partial charge on any atom is -0.351 e. The molecule has 10 heteroatoms. The van der Waals surface area contributed by atoms with Gasteiger partial charge in [0.25, 0.3) is 0 Å². The highest BCUT2D eigenvalue weighted by Gasteiger charge is 2.35. The van der Waals surface area contributed by atoms with Gasteiger partial charge in [-0.1, -0.05) is 0 Å². The van der Waals surface area contributed by atoms with Crippen LogP contribution in [0.15, 0.2) is 37.1 Å². The molecule has 0 amide bonds. The maximum absolute atomic E-state index is 13.0. The number of hydrogen-bond acceptors (Lipinski definition) is 6. The number of piperidine rings is 1. The summed E-state index contributed by atoms with van der Waals surface area (Å²) < 4.78 is 40.3.